The average molecular weight is 289 g/mol. The van der Waals surface area contributed by atoms with Crippen LogP contribution in [0.4, 0.5) is 0 Å². The summed E-state index contributed by atoms with van der Waals surface area (Å²) in [4.78, 5) is 13.7. The lowest BCUT2D eigenvalue weighted by molar-refractivity contribution is -0.149. The van der Waals surface area contributed by atoms with Gasteiger partial charge in [0.1, 0.15) is 6.04 Å². The van der Waals surface area contributed by atoms with Crippen molar-refractivity contribution in [3.8, 4) is 0 Å². The third kappa shape index (κ3) is 5.88. The first kappa shape index (κ1) is 19.3. The average Bonchev–Trinajstić information content (AvgIpc) is 2.25. The van der Waals surface area contributed by atoms with Crippen molar-refractivity contribution in [2.45, 2.75) is 19.0 Å². The van der Waals surface area contributed by atoms with Crippen LogP contribution in [0.25, 0.3) is 0 Å². The van der Waals surface area contributed by atoms with E-state index in [0.717, 1.165) is 19.6 Å². The molecule has 0 amide bonds. The van der Waals surface area contributed by atoms with E-state index in [-0.39, 0.29) is 36.8 Å². The lowest BCUT2D eigenvalue weighted by Gasteiger charge is -2.35. The van der Waals surface area contributed by atoms with Gasteiger partial charge in [-0.3, -0.25) is 9.69 Å². The fourth-order valence-electron chi connectivity index (χ4n) is 1.86. The molecule has 17 heavy (non-hydrogen) atoms. The third-order valence-corrected chi connectivity index (χ3v) is 2.64. The summed E-state index contributed by atoms with van der Waals surface area (Å²) in [5, 5.41) is 3.33. The van der Waals surface area contributed by atoms with Crippen LogP contribution in [0.3, 0.4) is 0 Å². The van der Waals surface area contributed by atoms with Crippen molar-refractivity contribution in [2.24, 2.45) is 0 Å². The van der Waals surface area contributed by atoms with Gasteiger partial charge in [-0.25, -0.2) is 0 Å². The standard InChI is InChI=1S/C10H20N2O3.2ClH/c1-8-6-12(5-4-11-8)9(7-14-2)10(13)15-3;;/h8-9,11H,4-7H2,1-3H3;2*1H/t8-,9?;;/m0../s1. The molecule has 1 aliphatic heterocycles. The van der Waals surface area contributed by atoms with E-state index >= 15 is 0 Å². The van der Waals surface area contributed by atoms with E-state index in [9.17, 15) is 4.79 Å². The zero-order valence-electron chi connectivity index (χ0n) is 10.5. The molecule has 0 aromatic carbocycles. The summed E-state index contributed by atoms with van der Waals surface area (Å²) < 4.78 is 9.82. The molecule has 1 fully saturated rings. The summed E-state index contributed by atoms with van der Waals surface area (Å²) in [6, 6.07) is 0.132. The summed E-state index contributed by atoms with van der Waals surface area (Å²) in [6.07, 6.45) is 0. The minimum Gasteiger partial charge on any atom is -0.468 e. The van der Waals surface area contributed by atoms with Gasteiger partial charge < -0.3 is 14.8 Å². The zero-order chi connectivity index (χ0) is 11.3. The minimum atomic E-state index is -0.274. The number of hydrogen-bond acceptors (Lipinski definition) is 5. The SMILES string of the molecule is COCC(C(=O)OC)N1CCN[C@@H](C)C1.Cl.Cl. The summed E-state index contributed by atoms with van der Waals surface area (Å²) in [7, 11) is 3.01. The first-order chi connectivity index (χ1) is 7.19. The molecule has 5 nitrogen and oxygen atoms in total. The molecule has 7 heteroatoms. The molecule has 1 rings (SSSR count). The van der Waals surface area contributed by atoms with Crippen molar-refractivity contribution >= 4 is 30.8 Å². The van der Waals surface area contributed by atoms with Gasteiger partial charge >= 0.3 is 5.97 Å². The number of nitrogens with zero attached hydrogens (tertiary/aromatic N) is 1. The van der Waals surface area contributed by atoms with Gasteiger partial charge in [0.05, 0.1) is 13.7 Å². The van der Waals surface area contributed by atoms with Crippen LogP contribution in [0.1, 0.15) is 6.92 Å². The van der Waals surface area contributed by atoms with E-state index in [2.05, 4.69) is 17.1 Å². The summed E-state index contributed by atoms with van der Waals surface area (Å²) in [6.45, 7) is 5.10. The smallest absolute Gasteiger partial charge is 0.325 e. The number of halogens is 2. The van der Waals surface area contributed by atoms with E-state index in [4.69, 9.17) is 9.47 Å². The molecular formula is C10H22Cl2N2O3. The Labute approximate surface area is 115 Å². The van der Waals surface area contributed by atoms with Crippen molar-refractivity contribution in [1.29, 1.82) is 0 Å². The van der Waals surface area contributed by atoms with Crippen LogP contribution >= 0.6 is 24.8 Å². The molecule has 0 aliphatic carbocycles. The van der Waals surface area contributed by atoms with Gasteiger partial charge in [-0.1, -0.05) is 0 Å². The Bertz CT molecular complexity index is 220. The third-order valence-electron chi connectivity index (χ3n) is 2.64. The summed E-state index contributed by atoms with van der Waals surface area (Å²) >= 11 is 0. The van der Waals surface area contributed by atoms with Crippen LogP contribution in [-0.4, -0.2) is 63.4 Å². The highest BCUT2D eigenvalue weighted by Gasteiger charge is 2.29. The predicted octanol–water partition coefficient (Wildman–Crippen LogP) is 0.312. The predicted molar refractivity (Wildman–Crippen MR) is 71.2 cm³/mol. The van der Waals surface area contributed by atoms with Crippen molar-refractivity contribution in [2.75, 3.05) is 40.5 Å². The van der Waals surface area contributed by atoms with Crippen LogP contribution in [0.5, 0.6) is 0 Å². The van der Waals surface area contributed by atoms with Gasteiger partial charge in [0.25, 0.3) is 0 Å². The number of hydrogen-bond donors (Lipinski definition) is 1. The quantitative estimate of drug-likeness (QED) is 0.755. The Hall–Kier alpha value is -0.0700. The number of esters is 1. The van der Waals surface area contributed by atoms with Gasteiger partial charge in [-0.2, -0.15) is 0 Å². The maximum absolute atomic E-state index is 11.5. The van der Waals surface area contributed by atoms with E-state index in [0.29, 0.717) is 12.6 Å². The molecule has 0 radical (unpaired) electrons. The maximum Gasteiger partial charge on any atom is 0.325 e. The normalized spacial score (nSPS) is 21.9. The van der Waals surface area contributed by atoms with Crippen molar-refractivity contribution in [1.82, 2.24) is 10.2 Å². The Morgan fingerprint density at radius 3 is 2.59 bits per heavy atom. The molecule has 1 N–H and O–H groups in total. The lowest BCUT2D eigenvalue weighted by Crippen LogP contribution is -2.56. The number of piperazine rings is 1. The molecule has 0 aromatic heterocycles. The van der Waals surface area contributed by atoms with Crippen LogP contribution in [0.15, 0.2) is 0 Å². The number of rotatable bonds is 4. The highest BCUT2D eigenvalue weighted by atomic mass is 35.5. The highest BCUT2D eigenvalue weighted by molar-refractivity contribution is 5.85. The van der Waals surface area contributed by atoms with Crippen LogP contribution in [0.2, 0.25) is 0 Å². The fourth-order valence-corrected chi connectivity index (χ4v) is 1.86. The minimum absolute atomic E-state index is 0. The van der Waals surface area contributed by atoms with Crippen LogP contribution in [-0.2, 0) is 14.3 Å². The molecule has 0 aromatic rings. The second-order valence-corrected chi connectivity index (χ2v) is 3.84. The van der Waals surface area contributed by atoms with Gasteiger partial charge in [-0.05, 0) is 6.92 Å². The second kappa shape index (κ2) is 9.91. The highest BCUT2D eigenvalue weighted by Crippen LogP contribution is 2.07. The Morgan fingerprint density at radius 2 is 2.12 bits per heavy atom. The van der Waals surface area contributed by atoms with E-state index in [1.807, 2.05) is 0 Å². The van der Waals surface area contributed by atoms with Crippen LogP contribution in [0, 0.1) is 0 Å². The molecule has 1 unspecified atom stereocenters. The second-order valence-electron chi connectivity index (χ2n) is 3.84. The van der Waals surface area contributed by atoms with Crippen molar-refractivity contribution in [3.05, 3.63) is 0 Å². The number of ether oxygens (including phenoxy) is 2. The first-order valence-corrected chi connectivity index (χ1v) is 5.23. The van der Waals surface area contributed by atoms with Gasteiger partial charge in [0.2, 0.25) is 0 Å². The van der Waals surface area contributed by atoms with E-state index < -0.39 is 0 Å². The number of carbonyl (C=O) groups is 1. The molecule has 0 saturated carbocycles. The molecule has 1 aliphatic rings. The zero-order valence-corrected chi connectivity index (χ0v) is 12.1. The van der Waals surface area contributed by atoms with Gasteiger partial charge in [0, 0.05) is 32.8 Å². The number of methoxy groups -OCH3 is 2. The Balaban J connectivity index is 0. The molecule has 0 bridgehead atoms. The Morgan fingerprint density at radius 1 is 1.47 bits per heavy atom. The van der Waals surface area contributed by atoms with Crippen molar-refractivity contribution in [3.63, 3.8) is 0 Å². The molecule has 0 spiro atoms. The van der Waals surface area contributed by atoms with E-state index in [1.165, 1.54) is 7.11 Å². The van der Waals surface area contributed by atoms with Crippen LogP contribution < -0.4 is 5.32 Å². The summed E-state index contributed by atoms with van der Waals surface area (Å²) in [5.74, 6) is -0.217. The fraction of sp³-hybridized carbons (Fsp3) is 0.900. The lowest BCUT2D eigenvalue weighted by atomic mass is 10.1. The monoisotopic (exact) mass is 288 g/mol. The van der Waals surface area contributed by atoms with Gasteiger partial charge in [-0.15, -0.1) is 24.8 Å². The first-order valence-electron chi connectivity index (χ1n) is 5.23. The maximum atomic E-state index is 11.5. The van der Waals surface area contributed by atoms with Gasteiger partial charge in [0.15, 0.2) is 0 Å². The molecule has 1 heterocycles. The number of nitrogens with one attached hydrogen (secondary N) is 1. The Kier molecular flexibility index (Phi) is 11.2. The number of carbonyl (C=O) groups excluding carboxylic acids is 1. The van der Waals surface area contributed by atoms with Crippen molar-refractivity contribution < 1.29 is 14.3 Å². The molecule has 104 valence electrons. The van der Waals surface area contributed by atoms with E-state index in [1.54, 1.807) is 7.11 Å². The molecule has 1 saturated heterocycles. The molecular weight excluding hydrogens is 267 g/mol. The molecule has 2 atom stereocenters. The largest absolute Gasteiger partial charge is 0.468 e. The topological polar surface area (TPSA) is 50.8 Å². The summed E-state index contributed by atoms with van der Waals surface area (Å²) in [5.41, 5.74) is 0.